The van der Waals surface area contributed by atoms with Crippen LogP contribution in [-0.2, 0) is 0 Å². The Morgan fingerprint density at radius 3 is 2.45 bits per heavy atom. The summed E-state index contributed by atoms with van der Waals surface area (Å²) in [5.74, 6) is 0.556. The summed E-state index contributed by atoms with van der Waals surface area (Å²) in [6.45, 7) is 0. The summed E-state index contributed by atoms with van der Waals surface area (Å²) in [7, 11) is 3.80. The van der Waals surface area contributed by atoms with Gasteiger partial charge in [-0.25, -0.2) is 4.98 Å². The lowest BCUT2D eigenvalue weighted by atomic mass is 10.2. The SMILES string of the molecule is CN(C)c1ccc(NC(=O)c2ccc(Cl)c(Cl)c2)cn1. The summed E-state index contributed by atoms with van der Waals surface area (Å²) in [4.78, 5) is 18.1. The van der Waals surface area contributed by atoms with Crippen LogP contribution in [0.15, 0.2) is 36.5 Å². The molecule has 1 N–H and O–H groups in total. The number of hydrogen-bond acceptors (Lipinski definition) is 3. The minimum absolute atomic E-state index is 0.261. The van der Waals surface area contributed by atoms with Crippen LogP contribution in [0.3, 0.4) is 0 Å². The Morgan fingerprint density at radius 1 is 1.15 bits per heavy atom. The van der Waals surface area contributed by atoms with Gasteiger partial charge in [-0.3, -0.25) is 4.79 Å². The number of aromatic nitrogens is 1. The average molecular weight is 310 g/mol. The second-order valence-corrected chi connectivity index (χ2v) is 5.20. The van der Waals surface area contributed by atoms with E-state index < -0.39 is 0 Å². The molecule has 0 aliphatic carbocycles. The number of carbonyl (C=O) groups is 1. The Labute approximate surface area is 127 Å². The maximum atomic E-state index is 12.0. The lowest BCUT2D eigenvalue weighted by Crippen LogP contribution is -2.13. The van der Waals surface area contributed by atoms with Crippen LogP contribution in [0.4, 0.5) is 11.5 Å². The predicted octanol–water partition coefficient (Wildman–Crippen LogP) is 3.71. The van der Waals surface area contributed by atoms with Gasteiger partial charge < -0.3 is 10.2 Å². The standard InChI is InChI=1S/C14H13Cl2N3O/c1-19(2)13-6-4-10(8-17-13)18-14(20)9-3-5-11(15)12(16)7-9/h3-8H,1-2H3,(H,18,20). The van der Waals surface area contributed by atoms with Crippen LogP contribution in [0.2, 0.25) is 10.0 Å². The molecule has 0 radical (unpaired) electrons. The second-order valence-electron chi connectivity index (χ2n) is 4.38. The molecule has 0 atom stereocenters. The van der Waals surface area contributed by atoms with Gasteiger partial charge >= 0.3 is 0 Å². The molecular formula is C14H13Cl2N3O. The molecule has 0 bridgehead atoms. The minimum Gasteiger partial charge on any atom is -0.363 e. The molecule has 1 aromatic carbocycles. The van der Waals surface area contributed by atoms with Crippen molar-refractivity contribution in [2.75, 3.05) is 24.3 Å². The van der Waals surface area contributed by atoms with E-state index in [0.29, 0.717) is 21.3 Å². The summed E-state index contributed by atoms with van der Waals surface area (Å²) in [6, 6.07) is 8.35. The molecule has 1 amide bonds. The third kappa shape index (κ3) is 3.40. The third-order valence-electron chi connectivity index (χ3n) is 2.65. The Bertz CT molecular complexity index is 627. The van der Waals surface area contributed by atoms with E-state index in [1.807, 2.05) is 25.1 Å². The lowest BCUT2D eigenvalue weighted by Gasteiger charge is -2.11. The highest BCUT2D eigenvalue weighted by Crippen LogP contribution is 2.23. The molecule has 0 unspecified atom stereocenters. The van der Waals surface area contributed by atoms with Crippen LogP contribution in [0.1, 0.15) is 10.4 Å². The summed E-state index contributed by atoms with van der Waals surface area (Å²) < 4.78 is 0. The van der Waals surface area contributed by atoms with E-state index in [0.717, 1.165) is 5.82 Å². The Morgan fingerprint density at radius 2 is 1.90 bits per heavy atom. The van der Waals surface area contributed by atoms with E-state index in [-0.39, 0.29) is 5.91 Å². The highest BCUT2D eigenvalue weighted by Gasteiger charge is 2.09. The van der Waals surface area contributed by atoms with Crippen molar-refractivity contribution >= 4 is 40.6 Å². The maximum absolute atomic E-state index is 12.0. The number of anilines is 2. The lowest BCUT2D eigenvalue weighted by molar-refractivity contribution is 0.102. The highest BCUT2D eigenvalue weighted by atomic mass is 35.5. The monoisotopic (exact) mass is 309 g/mol. The van der Waals surface area contributed by atoms with E-state index in [2.05, 4.69) is 10.3 Å². The second kappa shape index (κ2) is 6.11. The summed E-state index contributed by atoms with van der Waals surface area (Å²) >= 11 is 11.7. The molecule has 1 aromatic heterocycles. The summed E-state index contributed by atoms with van der Waals surface area (Å²) in [6.07, 6.45) is 1.60. The topological polar surface area (TPSA) is 45.2 Å². The summed E-state index contributed by atoms with van der Waals surface area (Å²) in [5, 5.41) is 3.51. The van der Waals surface area contributed by atoms with Crippen LogP contribution in [0, 0.1) is 0 Å². The molecule has 0 saturated heterocycles. The van der Waals surface area contributed by atoms with Gasteiger partial charge in [0.05, 0.1) is 21.9 Å². The van der Waals surface area contributed by atoms with Gasteiger partial charge in [-0.05, 0) is 30.3 Å². The number of benzene rings is 1. The van der Waals surface area contributed by atoms with Crippen LogP contribution in [0.5, 0.6) is 0 Å². The number of hydrogen-bond donors (Lipinski definition) is 1. The number of carbonyl (C=O) groups excluding carboxylic acids is 1. The fourth-order valence-electron chi connectivity index (χ4n) is 1.57. The first-order valence-electron chi connectivity index (χ1n) is 5.87. The average Bonchev–Trinajstić information content (AvgIpc) is 2.42. The number of rotatable bonds is 3. The molecule has 0 fully saturated rings. The molecule has 0 saturated carbocycles. The van der Waals surface area contributed by atoms with Gasteiger partial charge in [-0.15, -0.1) is 0 Å². The fraction of sp³-hybridized carbons (Fsp3) is 0.143. The maximum Gasteiger partial charge on any atom is 0.255 e. The van der Waals surface area contributed by atoms with Crippen LogP contribution in [0.25, 0.3) is 0 Å². The molecule has 0 spiro atoms. The molecule has 4 nitrogen and oxygen atoms in total. The number of nitrogens with zero attached hydrogens (tertiary/aromatic N) is 2. The molecular weight excluding hydrogens is 297 g/mol. The van der Waals surface area contributed by atoms with Gasteiger partial charge in [-0.2, -0.15) is 0 Å². The van der Waals surface area contributed by atoms with Gasteiger partial charge in [0.25, 0.3) is 5.91 Å². The van der Waals surface area contributed by atoms with Crippen molar-refractivity contribution < 1.29 is 4.79 Å². The van der Waals surface area contributed by atoms with E-state index >= 15 is 0 Å². The number of nitrogens with one attached hydrogen (secondary N) is 1. The molecule has 2 rings (SSSR count). The van der Waals surface area contributed by atoms with Crippen molar-refractivity contribution in [2.45, 2.75) is 0 Å². The quantitative estimate of drug-likeness (QED) is 0.940. The molecule has 2 aromatic rings. The Balaban J connectivity index is 2.12. The first kappa shape index (κ1) is 14.6. The smallest absolute Gasteiger partial charge is 0.255 e. The number of pyridine rings is 1. The molecule has 0 aliphatic heterocycles. The van der Waals surface area contributed by atoms with Crippen molar-refractivity contribution in [3.63, 3.8) is 0 Å². The van der Waals surface area contributed by atoms with Gasteiger partial charge in [0.15, 0.2) is 0 Å². The first-order valence-corrected chi connectivity index (χ1v) is 6.63. The molecule has 6 heteroatoms. The molecule has 104 valence electrons. The van der Waals surface area contributed by atoms with Crippen molar-refractivity contribution in [3.8, 4) is 0 Å². The van der Waals surface area contributed by atoms with Crippen LogP contribution < -0.4 is 10.2 Å². The normalized spacial score (nSPS) is 10.2. The highest BCUT2D eigenvalue weighted by molar-refractivity contribution is 6.42. The first-order chi connectivity index (χ1) is 9.47. The fourth-order valence-corrected chi connectivity index (χ4v) is 1.86. The number of halogens is 2. The zero-order valence-electron chi connectivity index (χ0n) is 11.0. The zero-order chi connectivity index (χ0) is 14.7. The molecule has 0 aliphatic rings. The van der Waals surface area contributed by atoms with Crippen LogP contribution >= 0.6 is 23.2 Å². The number of amides is 1. The van der Waals surface area contributed by atoms with Crippen molar-refractivity contribution in [1.29, 1.82) is 0 Å². The minimum atomic E-state index is -0.261. The predicted molar refractivity (Wildman–Crippen MR) is 83.0 cm³/mol. The molecule has 1 heterocycles. The van der Waals surface area contributed by atoms with Gasteiger partial charge in [-0.1, -0.05) is 23.2 Å². The van der Waals surface area contributed by atoms with Crippen LogP contribution in [-0.4, -0.2) is 25.0 Å². The van der Waals surface area contributed by atoms with E-state index in [4.69, 9.17) is 23.2 Å². The van der Waals surface area contributed by atoms with Gasteiger partial charge in [0, 0.05) is 19.7 Å². The Hall–Kier alpha value is -1.78. The van der Waals surface area contributed by atoms with Crippen molar-refractivity contribution in [1.82, 2.24) is 4.98 Å². The van der Waals surface area contributed by atoms with Gasteiger partial charge in [0.1, 0.15) is 5.82 Å². The Kier molecular flexibility index (Phi) is 4.47. The summed E-state index contributed by atoms with van der Waals surface area (Å²) in [5.41, 5.74) is 1.06. The largest absolute Gasteiger partial charge is 0.363 e. The zero-order valence-corrected chi connectivity index (χ0v) is 12.5. The van der Waals surface area contributed by atoms with E-state index in [1.165, 1.54) is 6.07 Å². The third-order valence-corrected chi connectivity index (χ3v) is 3.38. The van der Waals surface area contributed by atoms with E-state index in [9.17, 15) is 4.79 Å². The van der Waals surface area contributed by atoms with Crippen molar-refractivity contribution in [3.05, 3.63) is 52.1 Å². The van der Waals surface area contributed by atoms with Crippen molar-refractivity contribution in [2.24, 2.45) is 0 Å². The molecule has 20 heavy (non-hydrogen) atoms. The van der Waals surface area contributed by atoms with Gasteiger partial charge in [0.2, 0.25) is 0 Å². The van der Waals surface area contributed by atoms with E-state index in [1.54, 1.807) is 24.4 Å².